The van der Waals surface area contributed by atoms with Gasteiger partial charge in [0, 0.05) is 18.3 Å². The van der Waals surface area contributed by atoms with Gasteiger partial charge in [0.2, 0.25) is 0 Å². The van der Waals surface area contributed by atoms with Crippen LogP contribution in [0.25, 0.3) is 16.9 Å². The minimum atomic E-state index is -4.46. The second-order valence-electron chi connectivity index (χ2n) is 10.0. The maximum absolute atomic E-state index is 13.2. The van der Waals surface area contributed by atoms with Gasteiger partial charge in [0.15, 0.2) is 0 Å². The standard InChI is InChI=1S/C26H32F3N5O/c1-15(2)17-5-7-19(8-6-17)33-25(35)21-14-30-23(12-22(21)32-16(3)4)24-10-9-20-11-18(26(27,28)29)13-31-34(20)24/h9-17,19H,5-8H2,1-4H3,(H,30,32)(H,33,35). The molecule has 0 radical (unpaired) electrons. The molecule has 1 saturated carbocycles. The lowest BCUT2D eigenvalue weighted by atomic mass is 9.79. The molecule has 9 heteroatoms. The summed E-state index contributed by atoms with van der Waals surface area (Å²) in [6, 6.07) is 6.27. The van der Waals surface area contributed by atoms with Crippen molar-refractivity contribution in [2.24, 2.45) is 11.8 Å². The molecule has 3 aromatic heterocycles. The largest absolute Gasteiger partial charge is 0.418 e. The van der Waals surface area contributed by atoms with Crippen LogP contribution in [0.1, 0.15) is 69.3 Å². The first-order valence-electron chi connectivity index (χ1n) is 12.2. The highest BCUT2D eigenvalue weighted by Crippen LogP contribution is 2.32. The lowest BCUT2D eigenvalue weighted by molar-refractivity contribution is -0.137. The van der Waals surface area contributed by atoms with E-state index in [-0.39, 0.29) is 18.0 Å². The van der Waals surface area contributed by atoms with E-state index in [4.69, 9.17) is 0 Å². The molecule has 35 heavy (non-hydrogen) atoms. The fourth-order valence-electron chi connectivity index (χ4n) is 4.75. The average molecular weight is 488 g/mol. The fraction of sp³-hybridized carbons (Fsp3) is 0.500. The number of nitrogens with zero attached hydrogens (tertiary/aromatic N) is 3. The summed E-state index contributed by atoms with van der Waals surface area (Å²) in [4.78, 5) is 17.6. The normalized spacial score (nSPS) is 18.9. The maximum atomic E-state index is 13.2. The van der Waals surface area contributed by atoms with Crippen molar-refractivity contribution in [3.63, 3.8) is 0 Å². The molecular weight excluding hydrogens is 455 g/mol. The van der Waals surface area contributed by atoms with Gasteiger partial charge in [0.05, 0.1) is 39.9 Å². The van der Waals surface area contributed by atoms with E-state index in [1.165, 1.54) is 10.7 Å². The summed E-state index contributed by atoms with van der Waals surface area (Å²) >= 11 is 0. The van der Waals surface area contributed by atoms with Gasteiger partial charge < -0.3 is 10.6 Å². The van der Waals surface area contributed by atoms with Crippen LogP contribution in [0.4, 0.5) is 18.9 Å². The zero-order valence-electron chi connectivity index (χ0n) is 20.5. The predicted octanol–water partition coefficient (Wildman–Crippen LogP) is 6.18. The van der Waals surface area contributed by atoms with Crippen molar-refractivity contribution >= 4 is 17.1 Å². The van der Waals surface area contributed by atoms with E-state index in [1.54, 1.807) is 18.2 Å². The number of alkyl halides is 3. The highest BCUT2D eigenvalue weighted by Gasteiger charge is 2.31. The van der Waals surface area contributed by atoms with Crippen LogP contribution < -0.4 is 10.6 Å². The second-order valence-corrected chi connectivity index (χ2v) is 10.0. The summed E-state index contributed by atoms with van der Waals surface area (Å²) < 4.78 is 40.6. The minimum Gasteiger partial charge on any atom is -0.382 e. The molecule has 0 aliphatic heterocycles. The van der Waals surface area contributed by atoms with E-state index in [0.717, 1.165) is 37.9 Å². The van der Waals surface area contributed by atoms with Crippen molar-refractivity contribution in [3.8, 4) is 11.4 Å². The summed E-state index contributed by atoms with van der Waals surface area (Å²) in [7, 11) is 0. The molecule has 0 aromatic carbocycles. The number of halogens is 3. The van der Waals surface area contributed by atoms with Crippen molar-refractivity contribution in [2.45, 2.75) is 71.6 Å². The molecule has 0 unspecified atom stereocenters. The van der Waals surface area contributed by atoms with Gasteiger partial charge in [-0.25, -0.2) is 4.52 Å². The van der Waals surface area contributed by atoms with Crippen molar-refractivity contribution in [1.29, 1.82) is 0 Å². The van der Waals surface area contributed by atoms with Crippen LogP contribution in [0.2, 0.25) is 0 Å². The van der Waals surface area contributed by atoms with Crippen molar-refractivity contribution < 1.29 is 18.0 Å². The van der Waals surface area contributed by atoms with Crippen molar-refractivity contribution in [2.75, 3.05) is 5.32 Å². The zero-order valence-corrected chi connectivity index (χ0v) is 20.5. The highest BCUT2D eigenvalue weighted by molar-refractivity contribution is 6.00. The van der Waals surface area contributed by atoms with Gasteiger partial charge in [0.25, 0.3) is 5.91 Å². The van der Waals surface area contributed by atoms with E-state index < -0.39 is 11.7 Å². The van der Waals surface area contributed by atoms with Gasteiger partial charge in [0.1, 0.15) is 0 Å². The quantitative estimate of drug-likeness (QED) is 0.436. The van der Waals surface area contributed by atoms with E-state index in [1.807, 2.05) is 13.8 Å². The molecule has 0 saturated heterocycles. The summed E-state index contributed by atoms with van der Waals surface area (Å²) in [6.45, 7) is 8.45. The van der Waals surface area contributed by atoms with Gasteiger partial charge in [-0.15, -0.1) is 0 Å². The zero-order chi connectivity index (χ0) is 25.3. The topological polar surface area (TPSA) is 71.3 Å². The van der Waals surface area contributed by atoms with Crippen molar-refractivity contribution in [1.82, 2.24) is 19.9 Å². The highest BCUT2D eigenvalue weighted by atomic mass is 19.4. The number of fused-ring (bicyclic) bond motifs is 1. The summed E-state index contributed by atoms with van der Waals surface area (Å²) in [5, 5.41) is 10.5. The molecule has 3 aromatic rings. The summed E-state index contributed by atoms with van der Waals surface area (Å²) in [5.41, 5.74) is 1.63. The first-order valence-corrected chi connectivity index (χ1v) is 12.2. The average Bonchev–Trinajstić information content (AvgIpc) is 3.21. The van der Waals surface area contributed by atoms with Gasteiger partial charge in [-0.3, -0.25) is 9.78 Å². The van der Waals surface area contributed by atoms with Crippen LogP contribution >= 0.6 is 0 Å². The Balaban J connectivity index is 1.59. The first-order chi connectivity index (χ1) is 16.5. The molecule has 6 nitrogen and oxygen atoms in total. The number of aromatic nitrogens is 3. The molecule has 1 aliphatic carbocycles. The number of pyridine rings is 1. The molecule has 0 bridgehead atoms. The van der Waals surface area contributed by atoms with Crippen molar-refractivity contribution in [3.05, 3.63) is 47.8 Å². The van der Waals surface area contributed by atoms with E-state index in [0.29, 0.717) is 40.0 Å². The number of amides is 1. The molecule has 0 spiro atoms. The smallest absolute Gasteiger partial charge is 0.382 e. The molecule has 3 heterocycles. The fourth-order valence-corrected chi connectivity index (χ4v) is 4.75. The Kier molecular flexibility index (Phi) is 7.05. The maximum Gasteiger partial charge on any atom is 0.418 e. The number of nitrogens with one attached hydrogen (secondary N) is 2. The van der Waals surface area contributed by atoms with Crippen LogP contribution in [-0.4, -0.2) is 32.6 Å². The van der Waals surface area contributed by atoms with Gasteiger partial charge in [-0.05, 0) is 75.6 Å². The van der Waals surface area contributed by atoms with Crippen LogP contribution in [0, 0.1) is 11.8 Å². The predicted molar refractivity (Wildman–Crippen MR) is 130 cm³/mol. The van der Waals surface area contributed by atoms with Crippen LogP contribution in [-0.2, 0) is 6.18 Å². The van der Waals surface area contributed by atoms with Gasteiger partial charge >= 0.3 is 6.18 Å². The third kappa shape index (κ3) is 5.60. The summed E-state index contributed by atoms with van der Waals surface area (Å²) in [5.74, 6) is 1.19. The van der Waals surface area contributed by atoms with E-state index >= 15 is 0 Å². The number of hydrogen-bond acceptors (Lipinski definition) is 4. The van der Waals surface area contributed by atoms with E-state index in [2.05, 4.69) is 34.6 Å². The molecular formula is C26H32F3N5O. The Morgan fingerprint density at radius 2 is 1.77 bits per heavy atom. The summed E-state index contributed by atoms with van der Waals surface area (Å²) in [6.07, 6.45) is 2.03. The monoisotopic (exact) mass is 487 g/mol. The number of hydrogen-bond donors (Lipinski definition) is 2. The van der Waals surface area contributed by atoms with Crippen LogP contribution in [0.15, 0.2) is 36.7 Å². The Hall–Kier alpha value is -3.10. The third-order valence-electron chi connectivity index (χ3n) is 6.73. The van der Waals surface area contributed by atoms with Crippen LogP contribution in [0.5, 0.6) is 0 Å². The number of anilines is 1. The van der Waals surface area contributed by atoms with E-state index in [9.17, 15) is 18.0 Å². The Morgan fingerprint density at radius 3 is 2.40 bits per heavy atom. The molecule has 1 fully saturated rings. The molecule has 188 valence electrons. The SMILES string of the molecule is CC(C)Nc1cc(-c2ccc3cc(C(F)(F)F)cnn23)ncc1C(=O)NC1CCC(C(C)C)CC1. The molecule has 2 N–H and O–H groups in total. The molecule has 1 amide bonds. The van der Waals surface area contributed by atoms with Gasteiger partial charge in [-0.2, -0.15) is 18.3 Å². The van der Waals surface area contributed by atoms with Gasteiger partial charge in [-0.1, -0.05) is 13.8 Å². The lowest BCUT2D eigenvalue weighted by Gasteiger charge is -2.31. The second kappa shape index (κ2) is 9.87. The lowest BCUT2D eigenvalue weighted by Crippen LogP contribution is -2.38. The minimum absolute atomic E-state index is 0.0646. The molecule has 1 aliphatic rings. The number of carbonyl (C=O) groups excluding carboxylic acids is 1. The number of carbonyl (C=O) groups is 1. The Labute approximate surface area is 203 Å². The first kappa shape index (κ1) is 25.0. The third-order valence-corrected chi connectivity index (χ3v) is 6.73. The molecule has 4 rings (SSSR count). The Bertz CT molecular complexity index is 1190. The van der Waals surface area contributed by atoms with Crippen LogP contribution in [0.3, 0.4) is 0 Å². The molecule has 0 atom stereocenters. The number of rotatable bonds is 6. The Morgan fingerprint density at radius 1 is 1.06 bits per heavy atom.